The van der Waals surface area contributed by atoms with E-state index in [9.17, 15) is 4.79 Å². The molecule has 1 aliphatic carbocycles. The molecule has 98 valence electrons. The topological polar surface area (TPSA) is 29.5 Å². The molecular weight excluding hydrogens is 214 g/mol. The average molecular weight is 239 g/mol. The molecule has 2 fully saturated rings. The Balaban J connectivity index is 1.78. The molecule has 0 bridgehead atoms. The van der Waals surface area contributed by atoms with E-state index < -0.39 is 0 Å². The fraction of sp³-hybridized carbons (Fsp3) is 0.929. The van der Waals surface area contributed by atoms with Crippen molar-refractivity contribution in [3.8, 4) is 0 Å². The second-order valence-electron chi connectivity index (χ2n) is 5.39. The number of nitrogens with zero attached hydrogens (tertiary/aromatic N) is 1. The summed E-state index contributed by atoms with van der Waals surface area (Å²) in [5.41, 5.74) is 0. The lowest BCUT2D eigenvalue weighted by atomic mass is 9.90. The zero-order valence-corrected chi connectivity index (χ0v) is 11.0. The van der Waals surface area contributed by atoms with Gasteiger partial charge in [0.25, 0.3) is 0 Å². The molecule has 3 heteroatoms. The summed E-state index contributed by atoms with van der Waals surface area (Å²) < 4.78 is 5.88. The van der Waals surface area contributed by atoms with Gasteiger partial charge in [0.1, 0.15) is 5.78 Å². The number of carbonyl (C=O) groups excluding carboxylic acids is 1. The largest absolute Gasteiger partial charge is 0.378 e. The highest BCUT2D eigenvalue weighted by Crippen LogP contribution is 2.26. The highest BCUT2D eigenvalue weighted by Gasteiger charge is 2.29. The predicted molar refractivity (Wildman–Crippen MR) is 68.1 cm³/mol. The van der Waals surface area contributed by atoms with Gasteiger partial charge in [-0.1, -0.05) is 6.92 Å². The molecule has 1 saturated carbocycles. The number of likely N-dealkylation sites (tertiary alicyclic amines) is 1. The van der Waals surface area contributed by atoms with Crippen molar-refractivity contribution >= 4 is 5.78 Å². The number of carbonyl (C=O) groups is 1. The fourth-order valence-corrected chi connectivity index (χ4v) is 3.03. The third-order valence-corrected chi connectivity index (χ3v) is 4.03. The van der Waals surface area contributed by atoms with Crippen molar-refractivity contribution < 1.29 is 9.53 Å². The Morgan fingerprint density at radius 3 is 2.76 bits per heavy atom. The van der Waals surface area contributed by atoms with Crippen molar-refractivity contribution in [3.05, 3.63) is 0 Å². The van der Waals surface area contributed by atoms with E-state index in [1.807, 2.05) is 0 Å². The lowest BCUT2D eigenvalue weighted by molar-refractivity contribution is -0.122. The van der Waals surface area contributed by atoms with Crippen molar-refractivity contribution in [2.45, 2.75) is 64.0 Å². The Bertz CT molecular complexity index is 245. The second-order valence-corrected chi connectivity index (χ2v) is 5.39. The van der Waals surface area contributed by atoms with E-state index in [2.05, 4.69) is 11.8 Å². The summed E-state index contributed by atoms with van der Waals surface area (Å²) in [6, 6.07) is 0.665. The number of ketones is 1. The normalized spacial score (nSPS) is 31.7. The minimum Gasteiger partial charge on any atom is -0.378 e. The lowest BCUT2D eigenvalue weighted by Crippen LogP contribution is -2.45. The Morgan fingerprint density at radius 2 is 2.06 bits per heavy atom. The van der Waals surface area contributed by atoms with Crippen molar-refractivity contribution in [3.63, 3.8) is 0 Å². The SMILES string of the molecule is CCCO[C@H]1CCC[C@@H](N2CCC(=O)CC2)C1. The maximum atomic E-state index is 11.2. The van der Waals surface area contributed by atoms with Gasteiger partial charge < -0.3 is 4.74 Å². The summed E-state index contributed by atoms with van der Waals surface area (Å²) in [5, 5.41) is 0. The monoisotopic (exact) mass is 239 g/mol. The molecule has 2 atom stereocenters. The smallest absolute Gasteiger partial charge is 0.135 e. The van der Waals surface area contributed by atoms with E-state index in [1.165, 1.54) is 25.7 Å². The van der Waals surface area contributed by atoms with E-state index in [0.29, 0.717) is 17.9 Å². The minimum atomic E-state index is 0.441. The Labute approximate surface area is 105 Å². The molecule has 1 heterocycles. The second kappa shape index (κ2) is 6.50. The van der Waals surface area contributed by atoms with E-state index in [4.69, 9.17) is 4.74 Å². The van der Waals surface area contributed by atoms with Crippen LogP contribution in [-0.4, -0.2) is 42.5 Å². The maximum Gasteiger partial charge on any atom is 0.135 e. The predicted octanol–water partition coefficient (Wildman–Crippen LogP) is 2.39. The molecule has 0 aromatic heterocycles. The molecule has 0 aromatic carbocycles. The van der Waals surface area contributed by atoms with E-state index in [1.54, 1.807) is 0 Å². The molecule has 2 aliphatic rings. The van der Waals surface area contributed by atoms with Gasteiger partial charge in [-0.15, -0.1) is 0 Å². The molecule has 2 rings (SSSR count). The first-order chi connectivity index (χ1) is 8.29. The van der Waals surface area contributed by atoms with Gasteiger partial charge in [0, 0.05) is 38.6 Å². The number of rotatable bonds is 4. The van der Waals surface area contributed by atoms with Gasteiger partial charge in [-0.25, -0.2) is 0 Å². The van der Waals surface area contributed by atoms with Gasteiger partial charge in [0.05, 0.1) is 6.10 Å². The van der Waals surface area contributed by atoms with Crippen molar-refractivity contribution in [1.82, 2.24) is 4.90 Å². The summed E-state index contributed by atoms with van der Waals surface area (Å²) in [4.78, 5) is 13.8. The molecule has 0 N–H and O–H groups in total. The summed E-state index contributed by atoms with van der Waals surface area (Å²) in [6.45, 7) is 5.01. The first-order valence-corrected chi connectivity index (χ1v) is 7.17. The third-order valence-electron chi connectivity index (χ3n) is 4.03. The van der Waals surface area contributed by atoms with Gasteiger partial charge in [-0.3, -0.25) is 9.69 Å². The third kappa shape index (κ3) is 3.78. The van der Waals surface area contributed by atoms with Gasteiger partial charge in [0.2, 0.25) is 0 Å². The van der Waals surface area contributed by atoms with E-state index in [-0.39, 0.29) is 0 Å². The number of hydrogen-bond donors (Lipinski definition) is 0. The highest BCUT2D eigenvalue weighted by atomic mass is 16.5. The number of Topliss-reactive ketones (excluding diaryl/α,β-unsaturated/α-hetero) is 1. The molecule has 1 saturated heterocycles. The molecule has 0 amide bonds. The highest BCUT2D eigenvalue weighted by molar-refractivity contribution is 5.79. The fourth-order valence-electron chi connectivity index (χ4n) is 3.03. The van der Waals surface area contributed by atoms with Crippen LogP contribution >= 0.6 is 0 Å². The Morgan fingerprint density at radius 1 is 1.29 bits per heavy atom. The van der Waals surface area contributed by atoms with Crippen LogP contribution in [0.15, 0.2) is 0 Å². The van der Waals surface area contributed by atoms with Gasteiger partial charge in [-0.05, 0) is 32.1 Å². The minimum absolute atomic E-state index is 0.441. The Kier molecular flexibility index (Phi) is 4.99. The van der Waals surface area contributed by atoms with Crippen molar-refractivity contribution in [2.24, 2.45) is 0 Å². The molecule has 0 unspecified atom stereocenters. The van der Waals surface area contributed by atoms with E-state index in [0.717, 1.165) is 39.0 Å². The summed E-state index contributed by atoms with van der Waals surface area (Å²) in [5.74, 6) is 0.441. The number of ether oxygens (including phenoxy) is 1. The summed E-state index contributed by atoms with van der Waals surface area (Å²) >= 11 is 0. The van der Waals surface area contributed by atoms with Crippen LogP contribution in [0.5, 0.6) is 0 Å². The van der Waals surface area contributed by atoms with Crippen LogP contribution in [0.4, 0.5) is 0 Å². The first-order valence-electron chi connectivity index (χ1n) is 7.17. The molecule has 0 spiro atoms. The summed E-state index contributed by atoms with van der Waals surface area (Å²) in [7, 11) is 0. The number of piperidine rings is 1. The Hall–Kier alpha value is -0.410. The molecule has 1 aliphatic heterocycles. The average Bonchev–Trinajstić information content (AvgIpc) is 2.37. The standard InChI is InChI=1S/C14H25NO2/c1-2-10-17-14-5-3-4-12(11-14)15-8-6-13(16)7-9-15/h12,14H,2-11H2,1H3/t12-,14+/m1/s1. The maximum absolute atomic E-state index is 11.2. The van der Waals surface area contributed by atoms with Crippen LogP contribution in [0.2, 0.25) is 0 Å². The van der Waals surface area contributed by atoms with Gasteiger partial charge in [0.15, 0.2) is 0 Å². The molecule has 17 heavy (non-hydrogen) atoms. The molecule has 0 aromatic rings. The quantitative estimate of drug-likeness (QED) is 0.754. The van der Waals surface area contributed by atoms with Crippen LogP contribution < -0.4 is 0 Å². The van der Waals surface area contributed by atoms with Crippen LogP contribution in [0, 0.1) is 0 Å². The molecule has 0 radical (unpaired) electrons. The van der Waals surface area contributed by atoms with Crippen LogP contribution in [0.1, 0.15) is 51.9 Å². The summed E-state index contributed by atoms with van der Waals surface area (Å²) in [6.07, 6.45) is 8.07. The number of hydrogen-bond acceptors (Lipinski definition) is 3. The van der Waals surface area contributed by atoms with Crippen LogP contribution in [0.3, 0.4) is 0 Å². The van der Waals surface area contributed by atoms with Gasteiger partial charge in [-0.2, -0.15) is 0 Å². The zero-order valence-electron chi connectivity index (χ0n) is 11.0. The van der Waals surface area contributed by atoms with Crippen LogP contribution in [0.25, 0.3) is 0 Å². The first kappa shape index (κ1) is 13.0. The van der Waals surface area contributed by atoms with Crippen LogP contribution in [-0.2, 0) is 9.53 Å². The zero-order chi connectivity index (χ0) is 12.1. The molecule has 3 nitrogen and oxygen atoms in total. The van der Waals surface area contributed by atoms with Crippen molar-refractivity contribution in [2.75, 3.05) is 19.7 Å². The van der Waals surface area contributed by atoms with Gasteiger partial charge >= 0.3 is 0 Å². The molecular formula is C14H25NO2. The van der Waals surface area contributed by atoms with Crippen molar-refractivity contribution in [1.29, 1.82) is 0 Å². The lowest BCUT2D eigenvalue weighted by Gasteiger charge is -2.39. The van der Waals surface area contributed by atoms with E-state index >= 15 is 0 Å².